The summed E-state index contributed by atoms with van der Waals surface area (Å²) >= 11 is 0. The molecule has 0 bridgehead atoms. The SMILES string of the molecule is CCOCCCNC(=O)/C(C#N)=C\NCc1cccc(OC)c1. The number of rotatable bonds is 10. The second-order valence-corrected chi connectivity index (χ2v) is 4.71. The van der Waals surface area contributed by atoms with Gasteiger partial charge in [-0.3, -0.25) is 4.79 Å². The summed E-state index contributed by atoms with van der Waals surface area (Å²) in [5.74, 6) is 0.378. The molecule has 0 aromatic heterocycles. The molecule has 1 aromatic carbocycles. The van der Waals surface area contributed by atoms with Crippen LogP contribution in [0.2, 0.25) is 0 Å². The molecule has 0 spiro atoms. The molecule has 1 amide bonds. The molecular formula is C17H23N3O3. The second kappa shape index (κ2) is 11.1. The molecule has 6 heteroatoms. The highest BCUT2D eigenvalue weighted by molar-refractivity contribution is 5.97. The lowest BCUT2D eigenvalue weighted by atomic mass is 10.2. The molecule has 0 aliphatic rings. The van der Waals surface area contributed by atoms with Gasteiger partial charge >= 0.3 is 0 Å². The lowest BCUT2D eigenvalue weighted by Crippen LogP contribution is -2.27. The molecule has 2 N–H and O–H groups in total. The third kappa shape index (κ3) is 7.34. The number of methoxy groups -OCH3 is 1. The molecule has 1 aromatic rings. The Hall–Kier alpha value is -2.52. The van der Waals surface area contributed by atoms with Crippen LogP contribution in [0.1, 0.15) is 18.9 Å². The van der Waals surface area contributed by atoms with Crippen molar-refractivity contribution in [2.24, 2.45) is 0 Å². The van der Waals surface area contributed by atoms with Gasteiger partial charge in [-0.1, -0.05) is 12.1 Å². The molecule has 0 saturated heterocycles. The molecule has 0 unspecified atom stereocenters. The monoisotopic (exact) mass is 317 g/mol. The van der Waals surface area contributed by atoms with Gasteiger partial charge in [0, 0.05) is 32.5 Å². The van der Waals surface area contributed by atoms with E-state index in [1.165, 1.54) is 6.20 Å². The average molecular weight is 317 g/mol. The molecule has 0 heterocycles. The van der Waals surface area contributed by atoms with Gasteiger partial charge in [0.1, 0.15) is 17.4 Å². The summed E-state index contributed by atoms with van der Waals surface area (Å²) in [6.45, 7) is 4.15. The van der Waals surface area contributed by atoms with Crippen LogP contribution < -0.4 is 15.4 Å². The molecule has 0 atom stereocenters. The molecule has 23 heavy (non-hydrogen) atoms. The van der Waals surface area contributed by atoms with Gasteiger partial charge in [-0.05, 0) is 31.0 Å². The fourth-order valence-corrected chi connectivity index (χ4v) is 1.82. The van der Waals surface area contributed by atoms with E-state index in [4.69, 9.17) is 14.7 Å². The number of carbonyl (C=O) groups is 1. The van der Waals surface area contributed by atoms with Crippen molar-refractivity contribution in [3.8, 4) is 11.8 Å². The number of nitrogens with one attached hydrogen (secondary N) is 2. The van der Waals surface area contributed by atoms with Crippen LogP contribution in [0.25, 0.3) is 0 Å². The number of nitrogens with zero attached hydrogens (tertiary/aromatic N) is 1. The van der Waals surface area contributed by atoms with Crippen LogP contribution in [0.4, 0.5) is 0 Å². The molecule has 124 valence electrons. The van der Waals surface area contributed by atoms with Crippen LogP contribution in [0.3, 0.4) is 0 Å². The minimum absolute atomic E-state index is 0.0457. The first-order valence-electron chi connectivity index (χ1n) is 7.53. The maximum absolute atomic E-state index is 11.8. The maximum atomic E-state index is 11.8. The van der Waals surface area contributed by atoms with Crippen LogP contribution in [0.5, 0.6) is 5.75 Å². The van der Waals surface area contributed by atoms with Gasteiger partial charge in [-0.15, -0.1) is 0 Å². The standard InChI is InChI=1S/C17H23N3O3/c1-3-23-9-5-8-20-17(21)15(11-18)13-19-12-14-6-4-7-16(10-14)22-2/h4,6-7,10,13,19H,3,5,8-9,12H2,1-2H3,(H,20,21)/b15-13-. The van der Waals surface area contributed by atoms with E-state index in [0.29, 0.717) is 26.3 Å². The minimum atomic E-state index is -0.387. The predicted molar refractivity (Wildman–Crippen MR) is 87.6 cm³/mol. The molecule has 0 aliphatic carbocycles. The summed E-state index contributed by atoms with van der Waals surface area (Å²) in [5, 5.41) is 14.7. The Balaban J connectivity index is 2.42. The number of benzene rings is 1. The van der Waals surface area contributed by atoms with Crippen molar-refractivity contribution in [1.29, 1.82) is 5.26 Å². The Morgan fingerprint density at radius 1 is 1.43 bits per heavy atom. The Morgan fingerprint density at radius 2 is 2.26 bits per heavy atom. The minimum Gasteiger partial charge on any atom is -0.497 e. The third-order valence-electron chi connectivity index (χ3n) is 3.01. The zero-order chi connectivity index (χ0) is 16.9. The quantitative estimate of drug-likeness (QED) is 0.390. The van der Waals surface area contributed by atoms with Crippen molar-refractivity contribution >= 4 is 5.91 Å². The van der Waals surface area contributed by atoms with Crippen molar-refractivity contribution in [2.75, 3.05) is 26.9 Å². The molecule has 1 rings (SSSR count). The first-order chi connectivity index (χ1) is 11.2. The topological polar surface area (TPSA) is 83.4 Å². The fourth-order valence-electron chi connectivity index (χ4n) is 1.82. The summed E-state index contributed by atoms with van der Waals surface area (Å²) in [6, 6.07) is 9.46. The predicted octanol–water partition coefficient (Wildman–Crippen LogP) is 1.74. The molecule has 0 radical (unpaired) electrons. The largest absolute Gasteiger partial charge is 0.497 e. The van der Waals surface area contributed by atoms with Crippen LogP contribution in [-0.2, 0) is 16.1 Å². The van der Waals surface area contributed by atoms with Crippen LogP contribution in [0, 0.1) is 11.3 Å². The Labute approximate surface area is 137 Å². The summed E-state index contributed by atoms with van der Waals surface area (Å²) < 4.78 is 10.3. The van der Waals surface area contributed by atoms with Crippen molar-refractivity contribution in [2.45, 2.75) is 19.9 Å². The first kappa shape index (κ1) is 18.5. The normalized spacial score (nSPS) is 10.7. The Kier molecular flexibility index (Phi) is 8.94. The van der Waals surface area contributed by atoms with Gasteiger partial charge in [0.05, 0.1) is 7.11 Å². The number of nitriles is 1. The summed E-state index contributed by atoms with van der Waals surface area (Å²) in [4.78, 5) is 11.8. The van der Waals surface area contributed by atoms with Gasteiger partial charge in [-0.2, -0.15) is 5.26 Å². The highest BCUT2D eigenvalue weighted by Crippen LogP contribution is 2.12. The highest BCUT2D eigenvalue weighted by Gasteiger charge is 2.07. The van der Waals surface area contributed by atoms with Gasteiger partial charge in [0.25, 0.3) is 5.91 Å². The number of hydrogen-bond donors (Lipinski definition) is 2. The van der Waals surface area contributed by atoms with Crippen molar-refractivity contribution in [1.82, 2.24) is 10.6 Å². The highest BCUT2D eigenvalue weighted by atomic mass is 16.5. The summed E-state index contributed by atoms with van der Waals surface area (Å²) in [7, 11) is 1.61. The van der Waals surface area contributed by atoms with E-state index >= 15 is 0 Å². The van der Waals surface area contributed by atoms with Gasteiger partial charge in [0.2, 0.25) is 0 Å². The lowest BCUT2D eigenvalue weighted by Gasteiger charge is -2.06. The third-order valence-corrected chi connectivity index (χ3v) is 3.01. The fraction of sp³-hybridized carbons (Fsp3) is 0.412. The summed E-state index contributed by atoms with van der Waals surface area (Å²) in [6.07, 6.45) is 2.15. The van der Waals surface area contributed by atoms with Crippen molar-refractivity contribution in [3.63, 3.8) is 0 Å². The summed E-state index contributed by atoms with van der Waals surface area (Å²) in [5.41, 5.74) is 1.04. The van der Waals surface area contributed by atoms with Crippen LogP contribution in [0.15, 0.2) is 36.0 Å². The smallest absolute Gasteiger partial charge is 0.263 e. The average Bonchev–Trinajstić information content (AvgIpc) is 2.58. The maximum Gasteiger partial charge on any atom is 0.263 e. The lowest BCUT2D eigenvalue weighted by molar-refractivity contribution is -0.117. The van der Waals surface area contributed by atoms with Crippen molar-refractivity contribution < 1.29 is 14.3 Å². The van der Waals surface area contributed by atoms with E-state index < -0.39 is 0 Å². The van der Waals surface area contributed by atoms with E-state index in [1.54, 1.807) is 7.11 Å². The second-order valence-electron chi connectivity index (χ2n) is 4.71. The number of ether oxygens (including phenoxy) is 2. The van der Waals surface area contributed by atoms with Gasteiger partial charge < -0.3 is 20.1 Å². The molecule has 0 aliphatic heterocycles. The van der Waals surface area contributed by atoms with E-state index in [9.17, 15) is 4.79 Å². The molecule has 6 nitrogen and oxygen atoms in total. The van der Waals surface area contributed by atoms with Gasteiger partial charge in [0.15, 0.2) is 0 Å². The molecular weight excluding hydrogens is 294 g/mol. The number of carbonyl (C=O) groups excluding carboxylic acids is 1. The van der Waals surface area contributed by atoms with Gasteiger partial charge in [-0.25, -0.2) is 0 Å². The van der Waals surface area contributed by atoms with Crippen LogP contribution in [-0.4, -0.2) is 32.8 Å². The zero-order valence-corrected chi connectivity index (χ0v) is 13.6. The first-order valence-corrected chi connectivity index (χ1v) is 7.53. The van der Waals surface area contributed by atoms with Crippen LogP contribution >= 0.6 is 0 Å². The Morgan fingerprint density at radius 3 is 2.96 bits per heavy atom. The zero-order valence-electron chi connectivity index (χ0n) is 13.6. The Bertz CT molecular complexity index is 564. The van der Waals surface area contributed by atoms with E-state index in [-0.39, 0.29) is 11.5 Å². The number of amides is 1. The van der Waals surface area contributed by atoms with Crippen molar-refractivity contribution in [3.05, 3.63) is 41.6 Å². The molecule has 0 fully saturated rings. The molecule has 0 saturated carbocycles. The van der Waals surface area contributed by atoms with E-state index in [2.05, 4.69) is 10.6 Å². The van der Waals surface area contributed by atoms with E-state index in [0.717, 1.165) is 17.7 Å². The van der Waals surface area contributed by atoms with E-state index in [1.807, 2.05) is 37.3 Å². The number of hydrogen-bond acceptors (Lipinski definition) is 5.